The standard InChI is InChI=1S/C20H19N5O2/c1-2-25(13-19(26)23-16-9-5-3-7-14(16)11-21)12-18-22-17-10-6-4-8-15(17)20(27)24-18/h3-10H,2,12-13H2,1H3,(H,23,26)(H,22,24,27). The molecule has 0 saturated heterocycles. The van der Waals surface area contributed by atoms with Gasteiger partial charge in [0.1, 0.15) is 11.9 Å². The molecule has 0 aliphatic heterocycles. The molecule has 3 aromatic rings. The van der Waals surface area contributed by atoms with Gasteiger partial charge in [-0.05, 0) is 30.8 Å². The summed E-state index contributed by atoms with van der Waals surface area (Å²) in [6.07, 6.45) is 0. The highest BCUT2D eigenvalue weighted by molar-refractivity contribution is 5.93. The smallest absolute Gasteiger partial charge is 0.258 e. The number of benzene rings is 2. The first kappa shape index (κ1) is 18.3. The Morgan fingerprint density at radius 1 is 1.22 bits per heavy atom. The number of anilines is 1. The second-order valence-electron chi connectivity index (χ2n) is 6.04. The van der Waals surface area contributed by atoms with Crippen molar-refractivity contribution in [2.75, 3.05) is 18.4 Å². The van der Waals surface area contributed by atoms with Gasteiger partial charge in [-0.2, -0.15) is 5.26 Å². The molecule has 0 unspecified atom stereocenters. The summed E-state index contributed by atoms with van der Waals surface area (Å²) in [5, 5.41) is 12.4. The van der Waals surface area contributed by atoms with Crippen LogP contribution in [0.2, 0.25) is 0 Å². The summed E-state index contributed by atoms with van der Waals surface area (Å²) in [4.78, 5) is 33.6. The number of nitrogens with one attached hydrogen (secondary N) is 2. The molecule has 1 heterocycles. The average Bonchev–Trinajstić information content (AvgIpc) is 2.68. The zero-order valence-corrected chi connectivity index (χ0v) is 14.9. The van der Waals surface area contributed by atoms with Gasteiger partial charge in [0.2, 0.25) is 5.91 Å². The minimum absolute atomic E-state index is 0.118. The lowest BCUT2D eigenvalue weighted by Crippen LogP contribution is -2.34. The molecule has 136 valence electrons. The molecule has 2 N–H and O–H groups in total. The van der Waals surface area contributed by atoms with Gasteiger partial charge in [-0.3, -0.25) is 14.5 Å². The molecule has 0 saturated carbocycles. The summed E-state index contributed by atoms with van der Waals surface area (Å²) in [6.45, 7) is 2.98. The first-order valence-corrected chi connectivity index (χ1v) is 8.60. The van der Waals surface area contributed by atoms with E-state index in [0.717, 1.165) is 0 Å². The molecule has 7 heteroatoms. The second-order valence-corrected chi connectivity index (χ2v) is 6.04. The van der Waals surface area contributed by atoms with Crippen molar-refractivity contribution in [1.29, 1.82) is 5.26 Å². The number of carbonyl (C=O) groups excluding carboxylic acids is 1. The molecule has 0 bridgehead atoms. The maximum atomic E-state index is 12.4. The van der Waals surface area contributed by atoms with Gasteiger partial charge in [0.25, 0.3) is 5.56 Å². The van der Waals surface area contributed by atoms with E-state index < -0.39 is 0 Å². The van der Waals surface area contributed by atoms with Crippen molar-refractivity contribution in [3.8, 4) is 6.07 Å². The Bertz CT molecular complexity index is 1070. The zero-order valence-electron chi connectivity index (χ0n) is 14.9. The van der Waals surface area contributed by atoms with Crippen molar-refractivity contribution in [3.05, 3.63) is 70.3 Å². The third-order valence-corrected chi connectivity index (χ3v) is 4.17. The zero-order chi connectivity index (χ0) is 19.2. The van der Waals surface area contributed by atoms with Crippen LogP contribution in [-0.2, 0) is 11.3 Å². The van der Waals surface area contributed by atoms with Gasteiger partial charge in [-0.1, -0.05) is 31.2 Å². The molecule has 3 rings (SSSR count). The van der Waals surface area contributed by atoms with Crippen LogP contribution in [0.5, 0.6) is 0 Å². The van der Waals surface area contributed by atoms with Crippen LogP contribution in [0.1, 0.15) is 18.3 Å². The number of carbonyl (C=O) groups is 1. The van der Waals surface area contributed by atoms with Crippen molar-refractivity contribution in [1.82, 2.24) is 14.9 Å². The van der Waals surface area contributed by atoms with Crippen LogP contribution in [0.25, 0.3) is 10.9 Å². The fourth-order valence-electron chi connectivity index (χ4n) is 2.78. The number of hydrogen-bond donors (Lipinski definition) is 2. The second kappa shape index (κ2) is 8.25. The van der Waals surface area contributed by atoms with E-state index in [2.05, 4.69) is 21.4 Å². The molecule has 0 aliphatic carbocycles. The first-order valence-electron chi connectivity index (χ1n) is 8.60. The predicted molar refractivity (Wildman–Crippen MR) is 103 cm³/mol. The summed E-state index contributed by atoms with van der Waals surface area (Å²) in [5.41, 5.74) is 1.33. The van der Waals surface area contributed by atoms with Crippen molar-refractivity contribution in [2.45, 2.75) is 13.5 Å². The molecule has 27 heavy (non-hydrogen) atoms. The van der Waals surface area contributed by atoms with Crippen LogP contribution in [0, 0.1) is 11.3 Å². The third-order valence-electron chi connectivity index (χ3n) is 4.17. The molecule has 1 aromatic heterocycles. The normalized spacial score (nSPS) is 10.7. The highest BCUT2D eigenvalue weighted by Crippen LogP contribution is 2.13. The van der Waals surface area contributed by atoms with E-state index in [-0.39, 0.29) is 18.0 Å². The maximum Gasteiger partial charge on any atom is 0.258 e. The fraction of sp³-hybridized carbons (Fsp3) is 0.200. The van der Waals surface area contributed by atoms with Gasteiger partial charge in [0.05, 0.1) is 35.2 Å². The van der Waals surface area contributed by atoms with Crippen molar-refractivity contribution in [2.24, 2.45) is 0 Å². The molecule has 0 spiro atoms. The van der Waals surface area contributed by atoms with Gasteiger partial charge >= 0.3 is 0 Å². The number of hydrogen-bond acceptors (Lipinski definition) is 5. The largest absolute Gasteiger partial charge is 0.324 e. The lowest BCUT2D eigenvalue weighted by atomic mass is 10.2. The van der Waals surface area contributed by atoms with Crippen molar-refractivity contribution < 1.29 is 4.79 Å². The molecule has 0 radical (unpaired) electrons. The summed E-state index contributed by atoms with van der Waals surface area (Å²) in [7, 11) is 0. The Labute approximate surface area is 156 Å². The van der Waals surface area contributed by atoms with Crippen molar-refractivity contribution in [3.63, 3.8) is 0 Å². The number of likely N-dealkylation sites (N-methyl/N-ethyl adjacent to an activating group) is 1. The third kappa shape index (κ3) is 4.37. The maximum absolute atomic E-state index is 12.4. The van der Waals surface area contributed by atoms with E-state index in [0.29, 0.717) is 41.1 Å². The number of amides is 1. The van der Waals surface area contributed by atoms with E-state index in [1.165, 1.54) is 0 Å². The Kier molecular flexibility index (Phi) is 5.59. The van der Waals surface area contributed by atoms with Gasteiger partial charge in [-0.15, -0.1) is 0 Å². The summed E-state index contributed by atoms with van der Waals surface area (Å²) >= 11 is 0. The van der Waals surface area contributed by atoms with E-state index in [1.54, 1.807) is 42.5 Å². The fourth-order valence-corrected chi connectivity index (χ4v) is 2.78. The first-order chi connectivity index (χ1) is 13.1. The van der Waals surface area contributed by atoms with Crippen LogP contribution >= 0.6 is 0 Å². The molecule has 7 nitrogen and oxygen atoms in total. The van der Waals surface area contributed by atoms with Crippen LogP contribution in [-0.4, -0.2) is 33.9 Å². The van der Waals surface area contributed by atoms with E-state index >= 15 is 0 Å². The number of para-hydroxylation sites is 2. The number of rotatable bonds is 6. The van der Waals surface area contributed by atoms with Crippen LogP contribution in [0.4, 0.5) is 5.69 Å². The van der Waals surface area contributed by atoms with Gasteiger partial charge in [0, 0.05) is 0 Å². The number of nitrogens with zero attached hydrogens (tertiary/aromatic N) is 3. The van der Waals surface area contributed by atoms with E-state index in [4.69, 9.17) is 5.26 Å². The van der Waals surface area contributed by atoms with Gasteiger partial charge in [0.15, 0.2) is 0 Å². The molecular weight excluding hydrogens is 342 g/mol. The Morgan fingerprint density at radius 3 is 2.74 bits per heavy atom. The number of nitriles is 1. The number of H-pyrrole nitrogens is 1. The number of aromatic nitrogens is 2. The Hall–Kier alpha value is -3.50. The highest BCUT2D eigenvalue weighted by atomic mass is 16.2. The summed E-state index contributed by atoms with van der Waals surface area (Å²) in [6, 6.07) is 16.0. The minimum atomic E-state index is -0.234. The molecule has 0 atom stereocenters. The highest BCUT2D eigenvalue weighted by Gasteiger charge is 2.13. The SMILES string of the molecule is CCN(CC(=O)Nc1ccccc1C#N)Cc1nc2ccccc2c(=O)[nH]1. The quantitative estimate of drug-likeness (QED) is 0.701. The Balaban J connectivity index is 1.71. The molecule has 2 aromatic carbocycles. The average molecular weight is 361 g/mol. The topological polar surface area (TPSA) is 102 Å². The molecule has 0 fully saturated rings. The summed E-state index contributed by atoms with van der Waals surface area (Å²) in [5.74, 6) is 0.272. The molecular formula is C20H19N5O2. The van der Waals surface area contributed by atoms with Crippen LogP contribution in [0.3, 0.4) is 0 Å². The van der Waals surface area contributed by atoms with Crippen molar-refractivity contribution >= 4 is 22.5 Å². The van der Waals surface area contributed by atoms with Gasteiger partial charge in [-0.25, -0.2) is 4.98 Å². The van der Waals surface area contributed by atoms with E-state index in [9.17, 15) is 9.59 Å². The predicted octanol–water partition coefficient (Wildman–Crippen LogP) is 2.26. The molecule has 0 aliphatic rings. The lowest BCUT2D eigenvalue weighted by molar-refractivity contribution is -0.117. The summed E-state index contributed by atoms with van der Waals surface area (Å²) < 4.78 is 0. The molecule has 1 amide bonds. The van der Waals surface area contributed by atoms with E-state index in [1.807, 2.05) is 17.9 Å². The number of fused-ring (bicyclic) bond motifs is 1. The Morgan fingerprint density at radius 2 is 1.96 bits per heavy atom. The monoisotopic (exact) mass is 361 g/mol. The van der Waals surface area contributed by atoms with Gasteiger partial charge < -0.3 is 10.3 Å². The van der Waals surface area contributed by atoms with Crippen LogP contribution < -0.4 is 10.9 Å². The lowest BCUT2D eigenvalue weighted by Gasteiger charge is -2.19. The van der Waals surface area contributed by atoms with Crippen LogP contribution in [0.15, 0.2) is 53.3 Å². The number of aromatic amines is 1. The minimum Gasteiger partial charge on any atom is -0.324 e.